The van der Waals surface area contributed by atoms with Crippen LogP contribution in [0.25, 0.3) is 10.9 Å². The molecule has 0 fully saturated rings. The lowest BCUT2D eigenvalue weighted by Gasteiger charge is -2.18. The molecular weight excluding hydrogens is 358 g/mol. The van der Waals surface area contributed by atoms with Crippen molar-refractivity contribution in [1.29, 1.82) is 0 Å². The maximum atomic E-state index is 12.5. The number of carbonyl (C=O) groups is 2. The zero-order valence-corrected chi connectivity index (χ0v) is 15.5. The Morgan fingerprint density at radius 2 is 1.86 bits per heavy atom. The van der Waals surface area contributed by atoms with Gasteiger partial charge in [0, 0.05) is 23.5 Å². The molecule has 0 saturated carbocycles. The fourth-order valence-electron chi connectivity index (χ4n) is 3.21. The van der Waals surface area contributed by atoms with Gasteiger partial charge in [0.05, 0.1) is 6.04 Å². The van der Waals surface area contributed by atoms with Gasteiger partial charge in [-0.25, -0.2) is 4.79 Å². The number of carbonyl (C=O) groups excluding carboxylic acids is 1. The number of nitrogens with two attached hydrogens (primary N) is 1. The number of phenolic OH excluding ortho intramolecular Hbond substituents is 1. The van der Waals surface area contributed by atoms with Gasteiger partial charge >= 0.3 is 5.97 Å². The first-order valence-corrected chi connectivity index (χ1v) is 8.97. The smallest absolute Gasteiger partial charge is 0.326 e. The van der Waals surface area contributed by atoms with Crippen LogP contribution < -0.4 is 11.1 Å². The fraction of sp³-hybridized carbons (Fsp3) is 0.238. The van der Waals surface area contributed by atoms with Gasteiger partial charge in [-0.1, -0.05) is 30.3 Å². The molecule has 7 nitrogen and oxygen atoms in total. The molecule has 28 heavy (non-hydrogen) atoms. The molecule has 1 aromatic heterocycles. The van der Waals surface area contributed by atoms with Gasteiger partial charge in [0.1, 0.15) is 11.8 Å². The van der Waals surface area contributed by atoms with Crippen LogP contribution in [0.1, 0.15) is 16.7 Å². The Morgan fingerprint density at radius 3 is 2.54 bits per heavy atom. The van der Waals surface area contributed by atoms with E-state index in [9.17, 15) is 19.8 Å². The van der Waals surface area contributed by atoms with E-state index < -0.39 is 24.0 Å². The molecule has 6 N–H and O–H groups in total. The first-order valence-electron chi connectivity index (χ1n) is 8.97. The molecule has 0 aliphatic rings. The maximum absolute atomic E-state index is 12.5. The zero-order valence-electron chi connectivity index (χ0n) is 15.5. The lowest BCUT2D eigenvalue weighted by Crippen LogP contribution is -2.50. The highest BCUT2D eigenvalue weighted by Gasteiger charge is 2.24. The summed E-state index contributed by atoms with van der Waals surface area (Å²) in [6.07, 6.45) is 2.22. The van der Waals surface area contributed by atoms with Gasteiger partial charge in [-0.2, -0.15) is 0 Å². The Hall–Kier alpha value is -3.32. The van der Waals surface area contributed by atoms with Crippen LogP contribution in [0.3, 0.4) is 0 Å². The van der Waals surface area contributed by atoms with Gasteiger partial charge in [-0.15, -0.1) is 0 Å². The highest BCUT2D eigenvalue weighted by Crippen LogP contribution is 2.22. The van der Waals surface area contributed by atoms with E-state index in [2.05, 4.69) is 10.3 Å². The number of hydrogen-bond donors (Lipinski definition) is 5. The van der Waals surface area contributed by atoms with Crippen molar-refractivity contribution >= 4 is 22.8 Å². The van der Waals surface area contributed by atoms with Crippen molar-refractivity contribution in [2.75, 3.05) is 0 Å². The molecule has 0 spiro atoms. The number of aryl methyl sites for hydroxylation is 1. The number of phenols is 1. The molecule has 1 amide bonds. The molecule has 0 aliphatic carbocycles. The number of para-hydroxylation sites is 1. The van der Waals surface area contributed by atoms with E-state index in [4.69, 9.17) is 5.73 Å². The number of carboxylic acids is 1. The highest BCUT2D eigenvalue weighted by molar-refractivity contribution is 5.89. The average Bonchev–Trinajstić information content (AvgIpc) is 3.07. The molecule has 146 valence electrons. The topological polar surface area (TPSA) is 128 Å². The van der Waals surface area contributed by atoms with Crippen LogP contribution >= 0.6 is 0 Å². The normalized spacial score (nSPS) is 13.2. The summed E-state index contributed by atoms with van der Waals surface area (Å²) in [6, 6.07) is 10.1. The quantitative estimate of drug-likeness (QED) is 0.427. The Bertz CT molecular complexity index is 995. The number of aromatic amines is 1. The van der Waals surface area contributed by atoms with Gasteiger partial charge in [0.2, 0.25) is 5.91 Å². The van der Waals surface area contributed by atoms with Crippen molar-refractivity contribution in [1.82, 2.24) is 10.3 Å². The summed E-state index contributed by atoms with van der Waals surface area (Å²) in [5.41, 5.74) is 9.74. The van der Waals surface area contributed by atoms with E-state index in [1.807, 2.05) is 31.3 Å². The predicted molar refractivity (Wildman–Crippen MR) is 106 cm³/mol. The molecule has 0 aliphatic heterocycles. The third-order valence-corrected chi connectivity index (χ3v) is 4.78. The Labute approximate surface area is 162 Å². The van der Waals surface area contributed by atoms with Crippen LogP contribution in [-0.2, 0) is 22.4 Å². The van der Waals surface area contributed by atoms with Crippen molar-refractivity contribution < 1.29 is 19.8 Å². The monoisotopic (exact) mass is 381 g/mol. The van der Waals surface area contributed by atoms with Gasteiger partial charge in [0.25, 0.3) is 0 Å². The Balaban J connectivity index is 1.68. The zero-order chi connectivity index (χ0) is 20.3. The summed E-state index contributed by atoms with van der Waals surface area (Å²) in [4.78, 5) is 27.2. The molecule has 0 unspecified atom stereocenters. The lowest BCUT2D eigenvalue weighted by molar-refractivity contribution is -0.141. The van der Waals surface area contributed by atoms with Crippen molar-refractivity contribution in [3.63, 3.8) is 0 Å². The van der Waals surface area contributed by atoms with Crippen molar-refractivity contribution in [3.05, 3.63) is 65.4 Å². The average molecular weight is 381 g/mol. The van der Waals surface area contributed by atoms with Crippen LogP contribution in [0, 0.1) is 6.92 Å². The number of rotatable bonds is 7. The van der Waals surface area contributed by atoms with Crippen molar-refractivity contribution in [2.45, 2.75) is 31.8 Å². The third-order valence-electron chi connectivity index (χ3n) is 4.78. The number of benzene rings is 2. The number of hydrogen-bond acceptors (Lipinski definition) is 4. The molecule has 7 heteroatoms. The summed E-state index contributed by atoms with van der Waals surface area (Å²) in [7, 11) is 0. The SMILES string of the molecule is Cc1cccc2c(C[C@H](N)C(=O)N[C@@H](Cc3ccc(O)cc3)C(=O)O)c[nH]c12. The predicted octanol–water partition coefficient (Wildman–Crippen LogP) is 1.86. The Kier molecular flexibility index (Phi) is 5.65. The van der Waals surface area contributed by atoms with Gasteiger partial charge in [-0.3, -0.25) is 4.79 Å². The minimum Gasteiger partial charge on any atom is -0.508 e. The number of H-pyrrole nitrogens is 1. The number of nitrogens with one attached hydrogen (secondary N) is 2. The second kappa shape index (κ2) is 8.14. The molecule has 2 aromatic carbocycles. The second-order valence-corrected chi connectivity index (χ2v) is 6.89. The number of aliphatic carboxylic acids is 1. The number of fused-ring (bicyclic) bond motifs is 1. The van der Waals surface area contributed by atoms with E-state index in [0.717, 1.165) is 22.0 Å². The third kappa shape index (κ3) is 4.32. The van der Waals surface area contributed by atoms with E-state index in [0.29, 0.717) is 12.0 Å². The Morgan fingerprint density at radius 1 is 1.14 bits per heavy atom. The van der Waals surface area contributed by atoms with E-state index in [1.165, 1.54) is 12.1 Å². The van der Waals surface area contributed by atoms with Crippen LogP contribution in [0.4, 0.5) is 0 Å². The van der Waals surface area contributed by atoms with E-state index >= 15 is 0 Å². The molecular formula is C21H23N3O4. The summed E-state index contributed by atoms with van der Waals surface area (Å²) >= 11 is 0. The molecule has 1 heterocycles. The highest BCUT2D eigenvalue weighted by atomic mass is 16.4. The second-order valence-electron chi connectivity index (χ2n) is 6.89. The van der Waals surface area contributed by atoms with Gasteiger partial charge < -0.3 is 26.2 Å². The fourth-order valence-corrected chi connectivity index (χ4v) is 3.21. The number of carboxylic acid groups (broad SMARTS) is 1. The summed E-state index contributed by atoms with van der Waals surface area (Å²) in [5, 5.41) is 22.3. The molecule has 3 rings (SSSR count). The van der Waals surface area contributed by atoms with Crippen molar-refractivity contribution in [3.8, 4) is 5.75 Å². The molecule has 0 saturated heterocycles. The summed E-state index contributed by atoms with van der Waals surface area (Å²) in [5.74, 6) is -1.57. The molecule has 0 radical (unpaired) electrons. The maximum Gasteiger partial charge on any atom is 0.326 e. The minimum atomic E-state index is -1.14. The van der Waals surface area contributed by atoms with E-state index in [-0.39, 0.29) is 12.2 Å². The number of aromatic hydroxyl groups is 1. The van der Waals surface area contributed by atoms with E-state index in [1.54, 1.807) is 12.1 Å². The number of amides is 1. The van der Waals surface area contributed by atoms with Gasteiger partial charge in [0.15, 0.2) is 0 Å². The first kappa shape index (κ1) is 19.4. The van der Waals surface area contributed by atoms with Crippen LogP contribution in [0.2, 0.25) is 0 Å². The molecule has 2 atom stereocenters. The van der Waals surface area contributed by atoms with Crippen LogP contribution in [0.15, 0.2) is 48.7 Å². The molecule has 0 bridgehead atoms. The van der Waals surface area contributed by atoms with Gasteiger partial charge in [-0.05, 0) is 42.2 Å². The summed E-state index contributed by atoms with van der Waals surface area (Å²) in [6.45, 7) is 2.00. The summed E-state index contributed by atoms with van der Waals surface area (Å²) < 4.78 is 0. The largest absolute Gasteiger partial charge is 0.508 e. The number of aromatic nitrogens is 1. The minimum absolute atomic E-state index is 0.0932. The van der Waals surface area contributed by atoms with Crippen LogP contribution in [0.5, 0.6) is 5.75 Å². The van der Waals surface area contributed by atoms with Crippen LogP contribution in [-0.4, -0.2) is 39.2 Å². The van der Waals surface area contributed by atoms with Crippen molar-refractivity contribution in [2.24, 2.45) is 5.73 Å². The molecule has 3 aromatic rings. The first-order chi connectivity index (χ1) is 13.3. The lowest BCUT2D eigenvalue weighted by atomic mass is 10.0. The standard InChI is InChI=1S/C21H23N3O4/c1-12-3-2-4-16-14(11-23-19(12)16)10-17(22)20(26)24-18(21(27)28)9-13-5-7-15(25)8-6-13/h2-8,11,17-18,23,25H,9-10,22H2,1H3,(H,24,26)(H,27,28)/t17-,18-/m0/s1.